The van der Waals surface area contributed by atoms with E-state index in [2.05, 4.69) is 15.3 Å². The summed E-state index contributed by atoms with van der Waals surface area (Å²) in [5.41, 5.74) is -1.95. The number of benzene rings is 2. The van der Waals surface area contributed by atoms with Gasteiger partial charge in [-0.15, -0.1) is 0 Å². The molecule has 0 fully saturated rings. The van der Waals surface area contributed by atoms with Crippen LogP contribution < -0.4 is 10.1 Å². The number of nitrogens with one attached hydrogen (secondary N) is 1. The summed E-state index contributed by atoms with van der Waals surface area (Å²) in [6.07, 6.45) is 2.12. The van der Waals surface area contributed by atoms with Crippen LogP contribution in [0.1, 0.15) is 10.5 Å². The molecule has 1 N–H and O–H groups in total. The van der Waals surface area contributed by atoms with Gasteiger partial charge in [-0.05, 0) is 54.2 Å². The van der Waals surface area contributed by atoms with Gasteiger partial charge in [-0.2, -0.15) is 13.2 Å². The first kappa shape index (κ1) is 20.7. The summed E-state index contributed by atoms with van der Waals surface area (Å²) in [5.74, 6) is 1.53. The minimum absolute atomic E-state index is 0.110. The predicted molar refractivity (Wildman–Crippen MR) is 112 cm³/mol. The largest absolute Gasteiger partial charge is 0.457 e. The van der Waals surface area contributed by atoms with Gasteiger partial charge in [0, 0.05) is 36.0 Å². The van der Waals surface area contributed by atoms with Crippen molar-refractivity contribution in [3.63, 3.8) is 0 Å². The number of anilines is 2. The molecule has 0 spiro atoms. The molecule has 158 valence electrons. The Bertz CT molecular complexity index is 1240. The number of ether oxygens (including phenoxy) is 1. The van der Waals surface area contributed by atoms with Crippen LogP contribution in [0.3, 0.4) is 0 Å². The van der Waals surface area contributed by atoms with Crippen molar-refractivity contribution in [3.8, 4) is 11.5 Å². The summed E-state index contributed by atoms with van der Waals surface area (Å²) >= 11 is -0.159. The van der Waals surface area contributed by atoms with Crippen molar-refractivity contribution in [2.24, 2.45) is 7.05 Å². The summed E-state index contributed by atoms with van der Waals surface area (Å²) in [7, 11) is 1.82. The lowest BCUT2D eigenvalue weighted by molar-refractivity contribution is -0.0328. The monoisotopic (exact) mass is 444 g/mol. The van der Waals surface area contributed by atoms with Gasteiger partial charge in [-0.1, -0.05) is 0 Å². The Morgan fingerprint density at radius 3 is 2.52 bits per heavy atom. The standard InChI is InChI=1S/C21H15F3N4O2S/c1-28-19-7-4-15(30-16-8-9-25-14(10-16)12-29)11-18(19)27-20(28)26-13-2-5-17(6-3-13)31-21(22,23)24/h2-12H,1H3,(H,26,27). The molecule has 0 atom stereocenters. The molecule has 0 aliphatic heterocycles. The fraction of sp³-hybridized carbons (Fsp3) is 0.0952. The third-order valence-electron chi connectivity index (χ3n) is 4.31. The summed E-state index contributed by atoms with van der Waals surface area (Å²) in [4.78, 5) is 19.4. The van der Waals surface area contributed by atoms with Crippen molar-refractivity contribution in [2.45, 2.75) is 10.4 Å². The van der Waals surface area contributed by atoms with E-state index in [1.54, 1.807) is 30.3 Å². The number of rotatable bonds is 6. The lowest BCUT2D eigenvalue weighted by Crippen LogP contribution is -2.00. The predicted octanol–water partition coefficient (Wildman–Crippen LogP) is 5.93. The molecule has 4 aromatic rings. The maximum Gasteiger partial charge on any atom is 0.446 e. The van der Waals surface area contributed by atoms with Gasteiger partial charge in [-0.25, -0.2) is 4.98 Å². The minimum atomic E-state index is -4.32. The maximum absolute atomic E-state index is 12.5. The average Bonchev–Trinajstić information content (AvgIpc) is 3.03. The number of carbonyl (C=O) groups is 1. The molecule has 0 aliphatic carbocycles. The molecule has 10 heteroatoms. The van der Waals surface area contributed by atoms with Gasteiger partial charge in [0.25, 0.3) is 0 Å². The van der Waals surface area contributed by atoms with Crippen molar-refractivity contribution >= 4 is 40.7 Å². The first-order valence-electron chi connectivity index (χ1n) is 8.99. The van der Waals surface area contributed by atoms with E-state index in [-0.39, 0.29) is 22.4 Å². The molecule has 0 bridgehead atoms. The smallest absolute Gasteiger partial charge is 0.446 e. The van der Waals surface area contributed by atoms with Crippen LogP contribution in [0.5, 0.6) is 11.5 Å². The Balaban J connectivity index is 1.54. The van der Waals surface area contributed by atoms with E-state index in [9.17, 15) is 18.0 Å². The van der Waals surface area contributed by atoms with Crippen molar-refractivity contribution in [1.29, 1.82) is 0 Å². The third-order valence-corrected chi connectivity index (χ3v) is 5.04. The Kier molecular flexibility index (Phi) is 5.55. The average molecular weight is 444 g/mol. The Hall–Kier alpha value is -3.53. The van der Waals surface area contributed by atoms with Crippen molar-refractivity contribution in [3.05, 3.63) is 66.5 Å². The molecule has 4 rings (SSSR count). The Morgan fingerprint density at radius 2 is 1.81 bits per heavy atom. The number of fused-ring (bicyclic) bond motifs is 1. The second-order valence-electron chi connectivity index (χ2n) is 6.48. The van der Waals surface area contributed by atoms with Crippen LogP contribution in [0.25, 0.3) is 11.0 Å². The van der Waals surface area contributed by atoms with E-state index in [0.29, 0.717) is 34.9 Å². The van der Waals surface area contributed by atoms with Crippen LogP contribution in [0, 0.1) is 0 Å². The zero-order valence-electron chi connectivity index (χ0n) is 16.1. The van der Waals surface area contributed by atoms with Crippen LogP contribution in [-0.2, 0) is 7.05 Å². The number of carbonyl (C=O) groups excluding carboxylic acids is 1. The fourth-order valence-electron chi connectivity index (χ4n) is 2.92. The number of aldehydes is 1. The highest BCUT2D eigenvalue weighted by Crippen LogP contribution is 2.37. The maximum atomic E-state index is 12.5. The van der Waals surface area contributed by atoms with Crippen LogP contribution in [-0.4, -0.2) is 26.3 Å². The normalized spacial score (nSPS) is 11.5. The van der Waals surface area contributed by atoms with Gasteiger partial charge >= 0.3 is 5.51 Å². The number of halogens is 3. The summed E-state index contributed by atoms with van der Waals surface area (Å²) in [6.45, 7) is 0. The highest BCUT2D eigenvalue weighted by molar-refractivity contribution is 8.00. The molecule has 0 unspecified atom stereocenters. The molecular weight excluding hydrogens is 429 g/mol. The van der Waals surface area contributed by atoms with Gasteiger partial charge < -0.3 is 14.6 Å². The molecule has 2 aromatic heterocycles. The summed E-state index contributed by atoms with van der Waals surface area (Å²) in [5, 5.41) is 3.11. The number of imidazole rings is 1. The first-order chi connectivity index (χ1) is 14.8. The molecule has 0 saturated heterocycles. The van der Waals surface area contributed by atoms with Crippen molar-refractivity contribution in [1.82, 2.24) is 14.5 Å². The van der Waals surface area contributed by atoms with Crippen LogP contribution in [0.15, 0.2) is 65.7 Å². The van der Waals surface area contributed by atoms with Gasteiger partial charge in [0.2, 0.25) is 5.95 Å². The topological polar surface area (TPSA) is 69.0 Å². The number of alkyl halides is 3. The molecule has 0 amide bonds. The molecule has 2 aromatic carbocycles. The van der Waals surface area contributed by atoms with Crippen molar-refractivity contribution in [2.75, 3.05) is 5.32 Å². The van der Waals surface area contributed by atoms with E-state index in [4.69, 9.17) is 4.74 Å². The molecule has 31 heavy (non-hydrogen) atoms. The van der Waals surface area contributed by atoms with E-state index in [0.717, 1.165) is 5.52 Å². The summed E-state index contributed by atoms with van der Waals surface area (Å²) in [6, 6.07) is 14.5. The second-order valence-corrected chi connectivity index (χ2v) is 7.62. The van der Waals surface area contributed by atoms with E-state index < -0.39 is 5.51 Å². The lowest BCUT2D eigenvalue weighted by Gasteiger charge is -2.08. The zero-order chi connectivity index (χ0) is 22.0. The number of aromatic nitrogens is 3. The van der Waals surface area contributed by atoms with Crippen molar-refractivity contribution < 1.29 is 22.7 Å². The molecule has 2 heterocycles. The van der Waals surface area contributed by atoms with Crippen LogP contribution in [0.4, 0.5) is 24.8 Å². The zero-order valence-corrected chi connectivity index (χ0v) is 16.9. The lowest BCUT2D eigenvalue weighted by atomic mass is 10.3. The highest BCUT2D eigenvalue weighted by Gasteiger charge is 2.29. The van der Waals surface area contributed by atoms with E-state index in [1.807, 2.05) is 17.7 Å². The van der Waals surface area contributed by atoms with Gasteiger partial charge in [0.05, 0.1) is 11.0 Å². The number of nitrogens with zero attached hydrogens (tertiary/aromatic N) is 3. The van der Waals surface area contributed by atoms with E-state index >= 15 is 0 Å². The molecular formula is C21H15F3N4O2S. The number of pyridine rings is 1. The van der Waals surface area contributed by atoms with Gasteiger partial charge in [0.15, 0.2) is 6.29 Å². The third kappa shape index (κ3) is 4.97. The number of hydrogen-bond acceptors (Lipinski definition) is 6. The number of hydrogen-bond donors (Lipinski definition) is 1. The first-order valence-corrected chi connectivity index (χ1v) is 9.81. The Morgan fingerprint density at radius 1 is 1.06 bits per heavy atom. The Labute approximate surface area is 179 Å². The SMILES string of the molecule is Cn1c(Nc2ccc(SC(F)(F)F)cc2)nc2cc(Oc3ccnc(C=O)c3)ccc21. The molecule has 0 saturated carbocycles. The number of thioether (sulfide) groups is 1. The summed E-state index contributed by atoms with van der Waals surface area (Å²) < 4.78 is 45.0. The van der Waals surface area contributed by atoms with Gasteiger partial charge in [-0.3, -0.25) is 9.78 Å². The van der Waals surface area contributed by atoms with Crippen LogP contribution in [0.2, 0.25) is 0 Å². The second kappa shape index (κ2) is 8.31. The fourth-order valence-corrected chi connectivity index (χ4v) is 3.46. The number of aryl methyl sites for hydroxylation is 1. The van der Waals surface area contributed by atoms with Gasteiger partial charge in [0.1, 0.15) is 17.2 Å². The minimum Gasteiger partial charge on any atom is -0.457 e. The molecule has 0 aliphatic rings. The molecule has 6 nitrogen and oxygen atoms in total. The van der Waals surface area contributed by atoms with Crippen LogP contribution >= 0.6 is 11.8 Å². The van der Waals surface area contributed by atoms with E-state index in [1.165, 1.54) is 24.4 Å². The highest BCUT2D eigenvalue weighted by atomic mass is 32.2. The molecule has 0 radical (unpaired) electrons. The quantitative estimate of drug-likeness (QED) is 0.294.